The van der Waals surface area contributed by atoms with Crippen molar-refractivity contribution in [3.05, 3.63) is 6.33 Å². The van der Waals surface area contributed by atoms with Crippen LogP contribution in [0.15, 0.2) is 10.7 Å². The summed E-state index contributed by atoms with van der Waals surface area (Å²) in [6.07, 6.45) is 6.05. The number of aliphatic hydroxyl groups is 1. The molecule has 0 radical (unpaired) electrons. The lowest BCUT2D eigenvalue weighted by Gasteiger charge is -2.41. The third-order valence-electron chi connectivity index (χ3n) is 3.31. The van der Waals surface area contributed by atoms with Crippen molar-refractivity contribution in [2.45, 2.75) is 60.7 Å². The van der Waals surface area contributed by atoms with E-state index in [1.807, 2.05) is 11.8 Å². The SMILES string of the molecule is CC(C)NC1(CO)CCCC(Sc2ncns2)C1. The molecule has 1 heterocycles. The Balaban J connectivity index is 1.98. The van der Waals surface area contributed by atoms with Crippen LogP contribution in [0.2, 0.25) is 0 Å². The molecule has 18 heavy (non-hydrogen) atoms. The molecule has 0 aromatic carbocycles. The molecule has 0 bridgehead atoms. The number of nitrogens with zero attached hydrogens (tertiary/aromatic N) is 2. The molecule has 1 aliphatic carbocycles. The summed E-state index contributed by atoms with van der Waals surface area (Å²) in [7, 11) is 0. The minimum absolute atomic E-state index is 0.102. The van der Waals surface area contributed by atoms with E-state index in [-0.39, 0.29) is 12.1 Å². The monoisotopic (exact) mass is 287 g/mol. The molecule has 2 unspecified atom stereocenters. The van der Waals surface area contributed by atoms with Gasteiger partial charge in [0.15, 0.2) is 4.34 Å². The maximum Gasteiger partial charge on any atom is 0.170 e. The molecule has 6 heteroatoms. The minimum atomic E-state index is -0.102. The van der Waals surface area contributed by atoms with Crippen LogP contribution in [0.4, 0.5) is 0 Å². The summed E-state index contributed by atoms with van der Waals surface area (Å²) in [4.78, 5) is 4.23. The van der Waals surface area contributed by atoms with Crippen LogP contribution in [0.1, 0.15) is 39.5 Å². The average Bonchev–Trinajstić information content (AvgIpc) is 2.81. The zero-order valence-electron chi connectivity index (χ0n) is 10.9. The van der Waals surface area contributed by atoms with Crippen LogP contribution < -0.4 is 5.32 Å². The molecule has 1 aliphatic rings. The van der Waals surface area contributed by atoms with Gasteiger partial charge in [-0.25, -0.2) is 4.98 Å². The molecule has 0 amide bonds. The third kappa shape index (κ3) is 3.66. The smallest absolute Gasteiger partial charge is 0.170 e. The topological polar surface area (TPSA) is 58.0 Å². The molecule has 0 saturated heterocycles. The van der Waals surface area contributed by atoms with Crippen molar-refractivity contribution in [1.29, 1.82) is 0 Å². The highest BCUT2D eigenvalue weighted by Crippen LogP contribution is 2.38. The Labute approximate surface area is 117 Å². The zero-order chi connectivity index (χ0) is 13.0. The van der Waals surface area contributed by atoms with Crippen LogP contribution in [0.3, 0.4) is 0 Å². The molecule has 0 aliphatic heterocycles. The van der Waals surface area contributed by atoms with E-state index in [0.717, 1.165) is 23.6 Å². The summed E-state index contributed by atoms with van der Waals surface area (Å²) in [6, 6.07) is 0.405. The maximum absolute atomic E-state index is 9.74. The first-order valence-corrected chi connectivity index (χ1v) is 8.11. The van der Waals surface area contributed by atoms with Crippen LogP contribution >= 0.6 is 23.3 Å². The lowest BCUT2D eigenvalue weighted by Crippen LogP contribution is -2.54. The van der Waals surface area contributed by atoms with Gasteiger partial charge in [0.1, 0.15) is 6.33 Å². The Bertz CT molecular complexity index is 358. The van der Waals surface area contributed by atoms with E-state index in [2.05, 4.69) is 28.5 Å². The minimum Gasteiger partial charge on any atom is -0.394 e. The Morgan fingerprint density at radius 2 is 2.50 bits per heavy atom. The highest BCUT2D eigenvalue weighted by atomic mass is 32.2. The summed E-state index contributed by atoms with van der Waals surface area (Å²) in [5.74, 6) is 0. The van der Waals surface area contributed by atoms with Crippen LogP contribution in [0.5, 0.6) is 0 Å². The summed E-state index contributed by atoms with van der Waals surface area (Å²) < 4.78 is 5.08. The molecule has 2 atom stereocenters. The van der Waals surface area contributed by atoms with Crippen molar-refractivity contribution in [3.63, 3.8) is 0 Å². The van der Waals surface area contributed by atoms with Crippen LogP contribution in [0, 0.1) is 0 Å². The van der Waals surface area contributed by atoms with Gasteiger partial charge in [0.25, 0.3) is 0 Å². The third-order valence-corrected chi connectivity index (χ3v) is 5.32. The van der Waals surface area contributed by atoms with E-state index in [1.54, 1.807) is 6.33 Å². The van der Waals surface area contributed by atoms with Crippen LogP contribution in [0.25, 0.3) is 0 Å². The van der Waals surface area contributed by atoms with Gasteiger partial charge in [-0.05, 0) is 30.8 Å². The van der Waals surface area contributed by atoms with Gasteiger partial charge in [0, 0.05) is 16.8 Å². The van der Waals surface area contributed by atoms with Crippen LogP contribution in [-0.4, -0.2) is 37.9 Å². The number of hydrogen-bond acceptors (Lipinski definition) is 6. The molecule has 0 spiro atoms. The van der Waals surface area contributed by atoms with Crippen molar-refractivity contribution >= 4 is 23.3 Å². The van der Waals surface area contributed by atoms with Gasteiger partial charge in [0.2, 0.25) is 0 Å². The Kier molecular flexibility index (Phi) is 5.00. The van der Waals surface area contributed by atoms with Gasteiger partial charge < -0.3 is 10.4 Å². The second kappa shape index (κ2) is 6.32. The van der Waals surface area contributed by atoms with E-state index >= 15 is 0 Å². The van der Waals surface area contributed by atoms with E-state index < -0.39 is 0 Å². The fraction of sp³-hybridized carbons (Fsp3) is 0.833. The Hall–Kier alpha value is -0.170. The largest absolute Gasteiger partial charge is 0.394 e. The fourth-order valence-electron chi connectivity index (χ4n) is 2.70. The molecule has 1 saturated carbocycles. The van der Waals surface area contributed by atoms with Gasteiger partial charge in [0.05, 0.1) is 6.61 Å². The van der Waals surface area contributed by atoms with Gasteiger partial charge in [-0.15, -0.1) is 0 Å². The van der Waals surface area contributed by atoms with Crippen molar-refractivity contribution in [3.8, 4) is 0 Å². The lowest BCUT2D eigenvalue weighted by molar-refractivity contribution is 0.115. The molecule has 1 aromatic heterocycles. The highest BCUT2D eigenvalue weighted by molar-refractivity contribution is 8.01. The number of aromatic nitrogens is 2. The van der Waals surface area contributed by atoms with E-state index in [1.165, 1.54) is 18.0 Å². The average molecular weight is 287 g/mol. The summed E-state index contributed by atoms with van der Waals surface area (Å²) in [5.41, 5.74) is -0.102. The number of aliphatic hydroxyl groups excluding tert-OH is 1. The highest BCUT2D eigenvalue weighted by Gasteiger charge is 2.36. The van der Waals surface area contributed by atoms with E-state index in [9.17, 15) is 5.11 Å². The van der Waals surface area contributed by atoms with E-state index in [4.69, 9.17) is 0 Å². The molecular formula is C12H21N3OS2. The molecular weight excluding hydrogens is 266 g/mol. The van der Waals surface area contributed by atoms with Gasteiger partial charge in [-0.1, -0.05) is 32.0 Å². The Morgan fingerprint density at radius 3 is 3.11 bits per heavy atom. The fourth-order valence-corrected chi connectivity index (χ4v) is 4.77. The molecule has 2 N–H and O–H groups in total. The summed E-state index contributed by atoms with van der Waals surface area (Å²) in [6.45, 7) is 4.50. The van der Waals surface area contributed by atoms with Gasteiger partial charge in [-0.3, -0.25) is 0 Å². The predicted molar refractivity (Wildman–Crippen MR) is 76.1 cm³/mol. The zero-order valence-corrected chi connectivity index (χ0v) is 12.6. The Morgan fingerprint density at radius 1 is 1.67 bits per heavy atom. The predicted octanol–water partition coefficient (Wildman–Crippen LogP) is 2.30. The van der Waals surface area contributed by atoms with Crippen molar-refractivity contribution < 1.29 is 5.11 Å². The van der Waals surface area contributed by atoms with Crippen molar-refractivity contribution in [2.24, 2.45) is 0 Å². The van der Waals surface area contributed by atoms with Crippen molar-refractivity contribution in [1.82, 2.24) is 14.7 Å². The van der Waals surface area contributed by atoms with Crippen LogP contribution in [-0.2, 0) is 0 Å². The number of hydrogen-bond donors (Lipinski definition) is 2. The van der Waals surface area contributed by atoms with Gasteiger partial charge >= 0.3 is 0 Å². The lowest BCUT2D eigenvalue weighted by atomic mass is 9.81. The van der Waals surface area contributed by atoms with E-state index in [0.29, 0.717) is 11.3 Å². The van der Waals surface area contributed by atoms with Crippen molar-refractivity contribution in [2.75, 3.05) is 6.61 Å². The maximum atomic E-state index is 9.74. The summed E-state index contributed by atoms with van der Waals surface area (Å²) in [5, 5.41) is 13.8. The molecule has 102 valence electrons. The number of rotatable bonds is 5. The second-order valence-corrected chi connectivity index (χ2v) is 7.61. The normalized spacial score (nSPS) is 28.8. The molecule has 2 rings (SSSR count). The number of thioether (sulfide) groups is 1. The molecule has 1 fully saturated rings. The van der Waals surface area contributed by atoms with Gasteiger partial charge in [-0.2, -0.15) is 4.37 Å². The standard InChI is InChI=1S/C12H21N3OS2/c1-9(2)15-12(7-16)5-3-4-10(6-12)17-11-13-8-14-18-11/h8-10,15-16H,3-7H2,1-2H3. The molecule has 4 nitrogen and oxygen atoms in total. The quantitative estimate of drug-likeness (QED) is 0.870. The number of nitrogens with one attached hydrogen (secondary N) is 1. The first kappa shape index (κ1) is 14.2. The summed E-state index contributed by atoms with van der Waals surface area (Å²) >= 11 is 3.27. The molecule has 1 aromatic rings. The second-order valence-electron chi connectivity index (χ2n) is 5.28. The first-order valence-electron chi connectivity index (χ1n) is 6.45. The first-order chi connectivity index (χ1) is 8.63.